The first-order chi connectivity index (χ1) is 10.7. The monoisotopic (exact) mass is 300 g/mol. The van der Waals surface area contributed by atoms with Gasteiger partial charge in [0, 0.05) is 25.2 Å². The number of hydrogen-bond donors (Lipinski definition) is 0. The number of carbonyl (C=O) groups is 1. The molecule has 0 bridgehead atoms. The molecule has 3 nitrogen and oxygen atoms in total. The largest absolute Gasteiger partial charge is 0.339 e. The van der Waals surface area contributed by atoms with E-state index in [0.29, 0.717) is 24.5 Å². The second-order valence-corrected chi connectivity index (χ2v) is 6.88. The Balaban J connectivity index is 1.66. The molecule has 0 unspecified atom stereocenters. The van der Waals surface area contributed by atoms with Gasteiger partial charge >= 0.3 is 0 Å². The fourth-order valence-corrected chi connectivity index (χ4v) is 3.33. The van der Waals surface area contributed by atoms with Crippen LogP contribution in [0.15, 0.2) is 30.3 Å². The van der Waals surface area contributed by atoms with Gasteiger partial charge in [0.2, 0.25) is 5.91 Å². The Morgan fingerprint density at radius 2 is 1.86 bits per heavy atom. The number of amides is 1. The predicted octanol–water partition coefficient (Wildman–Crippen LogP) is 3.30. The molecule has 2 fully saturated rings. The summed E-state index contributed by atoms with van der Waals surface area (Å²) in [6.45, 7) is 6.69. The third-order valence-electron chi connectivity index (χ3n) is 5.10. The van der Waals surface area contributed by atoms with Gasteiger partial charge in [-0.15, -0.1) is 0 Å². The average Bonchev–Trinajstić information content (AvgIpc) is 3.39. The first-order valence-corrected chi connectivity index (χ1v) is 8.76. The molecule has 0 aliphatic heterocycles. The van der Waals surface area contributed by atoms with E-state index in [4.69, 9.17) is 0 Å². The Labute approximate surface area is 134 Å². The lowest BCUT2D eigenvalue weighted by molar-refractivity contribution is -0.133. The molecule has 0 N–H and O–H groups in total. The second kappa shape index (κ2) is 6.82. The number of rotatable bonds is 8. The summed E-state index contributed by atoms with van der Waals surface area (Å²) in [5, 5.41) is 0. The molecule has 2 saturated carbocycles. The lowest BCUT2D eigenvalue weighted by Crippen LogP contribution is -2.44. The number of nitrogens with zero attached hydrogens (tertiary/aromatic N) is 2. The molecule has 0 aromatic heterocycles. The smallest absolute Gasteiger partial charge is 0.237 e. The van der Waals surface area contributed by atoms with Crippen molar-refractivity contribution in [2.24, 2.45) is 5.92 Å². The number of hydrogen-bond acceptors (Lipinski definition) is 2. The minimum absolute atomic E-state index is 0.313. The van der Waals surface area contributed by atoms with Gasteiger partial charge in [0.15, 0.2) is 0 Å². The molecule has 3 rings (SSSR count). The quantitative estimate of drug-likeness (QED) is 0.735. The highest BCUT2D eigenvalue weighted by atomic mass is 16.2. The van der Waals surface area contributed by atoms with Crippen molar-refractivity contribution < 1.29 is 4.79 Å². The molecule has 1 aromatic rings. The molecule has 22 heavy (non-hydrogen) atoms. The summed E-state index contributed by atoms with van der Waals surface area (Å²) >= 11 is 0. The van der Waals surface area contributed by atoms with Gasteiger partial charge in [0.1, 0.15) is 0 Å². The summed E-state index contributed by atoms with van der Waals surface area (Å²) in [6.07, 6.45) is 5.02. The minimum Gasteiger partial charge on any atom is -0.339 e. The maximum Gasteiger partial charge on any atom is 0.237 e. The predicted molar refractivity (Wildman–Crippen MR) is 89.4 cm³/mol. The second-order valence-electron chi connectivity index (χ2n) is 6.88. The van der Waals surface area contributed by atoms with Gasteiger partial charge in [0.05, 0.1) is 6.54 Å². The van der Waals surface area contributed by atoms with Crippen molar-refractivity contribution in [3.8, 4) is 0 Å². The van der Waals surface area contributed by atoms with E-state index in [-0.39, 0.29) is 0 Å². The Kier molecular flexibility index (Phi) is 4.82. The van der Waals surface area contributed by atoms with E-state index in [2.05, 4.69) is 54.0 Å². The Bertz CT molecular complexity index is 493. The summed E-state index contributed by atoms with van der Waals surface area (Å²) in [5.41, 5.74) is 1.30. The SMILES string of the molecule is CCN(C(=O)CN(Cc1ccccc1)[C@H](C)C1CC1)C1CC1. The van der Waals surface area contributed by atoms with Crippen molar-refractivity contribution in [3.05, 3.63) is 35.9 Å². The number of carbonyl (C=O) groups excluding carboxylic acids is 1. The van der Waals surface area contributed by atoms with E-state index in [9.17, 15) is 4.79 Å². The van der Waals surface area contributed by atoms with E-state index >= 15 is 0 Å². The van der Waals surface area contributed by atoms with Crippen LogP contribution in [0.25, 0.3) is 0 Å². The van der Waals surface area contributed by atoms with Gasteiger partial charge in [-0.05, 0) is 51.0 Å². The summed E-state index contributed by atoms with van der Waals surface area (Å²) in [7, 11) is 0. The van der Waals surface area contributed by atoms with Crippen molar-refractivity contribution in [1.82, 2.24) is 9.80 Å². The normalized spacial score (nSPS) is 19.2. The molecule has 2 aliphatic carbocycles. The lowest BCUT2D eigenvalue weighted by atomic mass is 10.1. The van der Waals surface area contributed by atoms with Crippen LogP contribution >= 0.6 is 0 Å². The van der Waals surface area contributed by atoms with Gasteiger partial charge in [-0.1, -0.05) is 30.3 Å². The van der Waals surface area contributed by atoms with Gasteiger partial charge < -0.3 is 4.90 Å². The highest BCUT2D eigenvalue weighted by molar-refractivity contribution is 5.79. The lowest BCUT2D eigenvalue weighted by Gasteiger charge is -2.31. The Hall–Kier alpha value is -1.35. The van der Waals surface area contributed by atoms with Crippen LogP contribution in [0.1, 0.15) is 45.1 Å². The first kappa shape index (κ1) is 15.5. The molecule has 1 atom stereocenters. The topological polar surface area (TPSA) is 23.6 Å². The van der Waals surface area contributed by atoms with Crippen LogP contribution < -0.4 is 0 Å². The van der Waals surface area contributed by atoms with E-state index in [1.54, 1.807) is 0 Å². The zero-order chi connectivity index (χ0) is 15.5. The molecule has 1 amide bonds. The van der Waals surface area contributed by atoms with E-state index in [0.717, 1.165) is 19.0 Å². The summed E-state index contributed by atoms with van der Waals surface area (Å²) in [6, 6.07) is 11.6. The van der Waals surface area contributed by atoms with Gasteiger partial charge in [-0.3, -0.25) is 9.69 Å². The van der Waals surface area contributed by atoms with Crippen molar-refractivity contribution in [1.29, 1.82) is 0 Å². The van der Waals surface area contributed by atoms with Gasteiger partial charge in [-0.25, -0.2) is 0 Å². The van der Waals surface area contributed by atoms with E-state index in [1.807, 2.05) is 0 Å². The first-order valence-electron chi connectivity index (χ1n) is 8.76. The van der Waals surface area contributed by atoms with Crippen LogP contribution in [0, 0.1) is 5.92 Å². The average molecular weight is 300 g/mol. The van der Waals surface area contributed by atoms with E-state index < -0.39 is 0 Å². The fraction of sp³-hybridized carbons (Fsp3) is 0.632. The van der Waals surface area contributed by atoms with Gasteiger partial charge in [-0.2, -0.15) is 0 Å². The maximum atomic E-state index is 12.7. The van der Waals surface area contributed by atoms with Crippen LogP contribution in [0.3, 0.4) is 0 Å². The van der Waals surface area contributed by atoms with Crippen molar-refractivity contribution in [3.63, 3.8) is 0 Å². The van der Waals surface area contributed by atoms with Crippen LogP contribution in [0.2, 0.25) is 0 Å². The standard InChI is InChI=1S/C19H28N2O/c1-3-21(18-11-12-18)19(22)14-20(15(2)17-9-10-17)13-16-7-5-4-6-8-16/h4-8,15,17-18H,3,9-14H2,1-2H3/t15-/m1/s1. The van der Waals surface area contributed by atoms with Crippen molar-refractivity contribution in [2.45, 2.75) is 58.2 Å². The highest BCUT2D eigenvalue weighted by Gasteiger charge is 2.36. The Morgan fingerprint density at radius 1 is 1.18 bits per heavy atom. The fourth-order valence-electron chi connectivity index (χ4n) is 3.33. The molecular formula is C19H28N2O. The van der Waals surface area contributed by atoms with Crippen LogP contribution in [0.4, 0.5) is 0 Å². The minimum atomic E-state index is 0.313. The van der Waals surface area contributed by atoms with Crippen LogP contribution in [0.5, 0.6) is 0 Å². The number of likely N-dealkylation sites (N-methyl/N-ethyl adjacent to an activating group) is 1. The van der Waals surface area contributed by atoms with Crippen LogP contribution in [-0.2, 0) is 11.3 Å². The Morgan fingerprint density at radius 3 is 2.41 bits per heavy atom. The molecule has 2 aliphatic rings. The van der Waals surface area contributed by atoms with E-state index in [1.165, 1.54) is 31.2 Å². The molecule has 0 saturated heterocycles. The third-order valence-corrected chi connectivity index (χ3v) is 5.10. The number of benzene rings is 1. The molecule has 0 radical (unpaired) electrons. The third kappa shape index (κ3) is 3.89. The molecule has 3 heteroatoms. The summed E-state index contributed by atoms with van der Waals surface area (Å²) < 4.78 is 0. The molecule has 0 spiro atoms. The molecule has 1 aromatic carbocycles. The summed E-state index contributed by atoms with van der Waals surface area (Å²) in [5.74, 6) is 1.10. The molecule has 120 valence electrons. The maximum absolute atomic E-state index is 12.7. The zero-order valence-corrected chi connectivity index (χ0v) is 13.9. The molecule has 0 heterocycles. The highest BCUT2D eigenvalue weighted by Crippen LogP contribution is 2.36. The van der Waals surface area contributed by atoms with Gasteiger partial charge in [0.25, 0.3) is 0 Å². The van der Waals surface area contributed by atoms with Crippen molar-refractivity contribution in [2.75, 3.05) is 13.1 Å². The summed E-state index contributed by atoms with van der Waals surface area (Å²) in [4.78, 5) is 17.2. The zero-order valence-electron chi connectivity index (χ0n) is 13.9. The van der Waals surface area contributed by atoms with Crippen molar-refractivity contribution >= 4 is 5.91 Å². The molecular weight excluding hydrogens is 272 g/mol. The van der Waals surface area contributed by atoms with Crippen LogP contribution in [-0.4, -0.2) is 40.9 Å².